The lowest BCUT2D eigenvalue weighted by atomic mass is 9.92. The van der Waals surface area contributed by atoms with E-state index in [1.54, 1.807) is 24.3 Å². The first-order valence-electron chi connectivity index (χ1n) is 15.0. The molecule has 0 bridgehead atoms. The highest BCUT2D eigenvalue weighted by Crippen LogP contribution is 2.35. The Morgan fingerprint density at radius 3 is 2.38 bits per heavy atom. The van der Waals surface area contributed by atoms with Gasteiger partial charge in [0.1, 0.15) is 12.1 Å². The fraction of sp³-hybridized carbons (Fsp3) is 0.324. The van der Waals surface area contributed by atoms with Crippen molar-refractivity contribution in [2.75, 3.05) is 11.9 Å². The Balaban J connectivity index is 1.33. The first kappa shape index (κ1) is 31.9. The number of aryl methyl sites for hydroxylation is 1. The van der Waals surface area contributed by atoms with Crippen LogP contribution < -0.4 is 16.0 Å². The molecule has 4 amide bonds. The van der Waals surface area contributed by atoms with Gasteiger partial charge in [-0.1, -0.05) is 60.7 Å². The molecular weight excluding hydrogens is 640 g/mol. The minimum Gasteiger partial charge on any atom is -0.465 e. The summed E-state index contributed by atoms with van der Waals surface area (Å²) in [5.41, 5.74) is 5.27. The van der Waals surface area contributed by atoms with Gasteiger partial charge in [-0.25, -0.2) is 4.79 Å². The minimum atomic E-state index is -1.24. The van der Waals surface area contributed by atoms with Crippen LogP contribution in [-0.4, -0.2) is 58.2 Å². The molecule has 2 atom stereocenters. The van der Waals surface area contributed by atoms with Crippen LogP contribution in [0.1, 0.15) is 58.3 Å². The van der Waals surface area contributed by atoms with Crippen molar-refractivity contribution in [3.05, 3.63) is 99.0 Å². The van der Waals surface area contributed by atoms with E-state index in [0.717, 1.165) is 40.4 Å². The van der Waals surface area contributed by atoms with Gasteiger partial charge in [0.25, 0.3) is 0 Å². The second kappa shape index (κ2) is 14.5. The molecular formula is C34H35BrN4O6. The van der Waals surface area contributed by atoms with Crippen LogP contribution in [0, 0.1) is 0 Å². The van der Waals surface area contributed by atoms with Gasteiger partial charge in [-0.3, -0.25) is 19.2 Å². The van der Waals surface area contributed by atoms with Crippen LogP contribution in [0.2, 0.25) is 0 Å². The zero-order chi connectivity index (χ0) is 31.9. The van der Waals surface area contributed by atoms with Crippen LogP contribution in [-0.2, 0) is 40.2 Å². The van der Waals surface area contributed by atoms with Crippen molar-refractivity contribution in [1.82, 2.24) is 15.5 Å². The highest BCUT2D eigenvalue weighted by molar-refractivity contribution is 9.10. The molecule has 3 aromatic rings. The molecule has 1 aliphatic heterocycles. The number of hydrogen-bond acceptors (Lipinski definition) is 5. The number of carbonyl (C=O) groups is 5. The predicted octanol–water partition coefficient (Wildman–Crippen LogP) is 4.64. The number of anilines is 1. The fourth-order valence-electron chi connectivity index (χ4n) is 5.95. The normalized spacial score (nSPS) is 15.8. The molecule has 10 nitrogen and oxygen atoms in total. The Hall–Kier alpha value is -4.51. The monoisotopic (exact) mass is 674 g/mol. The van der Waals surface area contributed by atoms with Crippen LogP contribution in [0.3, 0.4) is 0 Å². The van der Waals surface area contributed by atoms with Gasteiger partial charge in [0.05, 0.1) is 5.69 Å². The van der Waals surface area contributed by atoms with Crippen molar-refractivity contribution < 1.29 is 29.1 Å². The first-order chi connectivity index (χ1) is 21.7. The molecule has 1 aliphatic carbocycles. The molecule has 45 heavy (non-hydrogen) atoms. The van der Waals surface area contributed by atoms with E-state index in [9.17, 15) is 24.0 Å². The maximum Gasteiger partial charge on any atom is 0.404 e. The number of carbonyl (C=O) groups excluding carboxylic acids is 4. The first-order valence-corrected chi connectivity index (χ1v) is 15.8. The van der Waals surface area contributed by atoms with Crippen LogP contribution >= 0.6 is 15.9 Å². The fourth-order valence-corrected chi connectivity index (χ4v) is 6.63. The molecule has 0 aromatic heterocycles. The third-order valence-corrected chi connectivity index (χ3v) is 9.25. The van der Waals surface area contributed by atoms with Crippen molar-refractivity contribution in [2.24, 2.45) is 0 Å². The number of ketones is 1. The summed E-state index contributed by atoms with van der Waals surface area (Å²) >= 11 is 3.61. The number of carboxylic acid groups (broad SMARTS) is 1. The van der Waals surface area contributed by atoms with Crippen LogP contribution in [0.4, 0.5) is 10.5 Å². The van der Waals surface area contributed by atoms with Gasteiger partial charge in [-0.05, 0) is 69.9 Å². The number of fused-ring (bicyclic) bond motifs is 2. The molecule has 11 heteroatoms. The van der Waals surface area contributed by atoms with Gasteiger partial charge in [-0.2, -0.15) is 0 Å². The molecule has 2 aliphatic rings. The third-order valence-electron chi connectivity index (χ3n) is 8.35. The average Bonchev–Trinajstić information content (AvgIpc) is 3.53. The Kier molecular flexibility index (Phi) is 10.3. The summed E-state index contributed by atoms with van der Waals surface area (Å²) in [4.78, 5) is 66.2. The summed E-state index contributed by atoms with van der Waals surface area (Å²) in [6, 6.07) is 18.1. The zero-order valence-corrected chi connectivity index (χ0v) is 26.3. The summed E-state index contributed by atoms with van der Waals surface area (Å²) in [5.74, 6) is -1.54. The number of hydrogen-bond donors (Lipinski definition) is 4. The van der Waals surface area contributed by atoms with Crippen molar-refractivity contribution in [3.63, 3.8) is 0 Å². The quantitative estimate of drug-likeness (QED) is 0.218. The van der Waals surface area contributed by atoms with Crippen LogP contribution in [0.15, 0.2) is 71.2 Å². The molecule has 0 saturated heterocycles. The smallest absolute Gasteiger partial charge is 0.404 e. The summed E-state index contributed by atoms with van der Waals surface area (Å²) in [6.07, 6.45) is 1.81. The Labute approximate surface area is 269 Å². The molecule has 0 spiro atoms. The van der Waals surface area contributed by atoms with Crippen molar-refractivity contribution in [3.8, 4) is 0 Å². The molecule has 5 rings (SSSR count). The standard InChI is InChI=1S/C34H35BrN4O6/c35-31-25-12-6-11-21(25)13-14-26(31)37-32(42)27(17-18-36-34(44)45)38-33(43)28-19-23-9-4-5-10-24(23)20-39(28)30(41)16-15-29(40)22-7-2-1-3-8-22/h1-5,7-10,13-14,27-28,36H,6,11-12,15-20H2,(H,37,42)(H,38,43)(H,44,45)/t27?,28-/m0/s1. The summed E-state index contributed by atoms with van der Waals surface area (Å²) in [5, 5.41) is 17.0. The third kappa shape index (κ3) is 7.78. The second-order valence-corrected chi connectivity index (χ2v) is 12.1. The number of Topliss-reactive ketones (excluding diaryl/α,β-unsaturated/α-hetero) is 1. The molecule has 1 heterocycles. The number of rotatable bonds is 11. The predicted molar refractivity (Wildman–Crippen MR) is 172 cm³/mol. The molecule has 0 radical (unpaired) electrons. The zero-order valence-electron chi connectivity index (χ0n) is 24.7. The van der Waals surface area contributed by atoms with E-state index >= 15 is 0 Å². The summed E-state index contributed by atoms with van der Waals surface area (Å²) < 4.78 is 0.797. The van der Waals surface area contributed by atoms with E-state index in [-0.39, 0.29) is 50.5 Å². The number of nitrogens with zero attached hydrogens (tertiary/aromatic N) is 1. The molecule has 0 saturated carbocycles. The summed E-state index contributed by atoms with van der Waals surface area (Å²) in [7, 11) is 0. The maximum atomic E-state index is 13.9. The molecule has 1 unspecified atom stereocenters. The van der Waals surface area contributed by atoms with Gasteiger partial charge in [0.15, 0.2) is 5.78 Å². The minimum absolute atomic E-state index is 0.00310. The lowest BCUT2D eigenvalue weighted by molar-refractivity contribution is -0.142. The number of nitrogens with one attached hydrogen (secondary N) is 3. The van der Waals surface area contributed by atoms with Gasteiger partial charge >= 0.3 is 6.09 Å². The lowest BCUT2D eigenvalue weighted by Crippen LogP contribution is -2.56. The number of amides is 4. The van der Waals surface area contributed by atoms with Gasteiger partial charge in [0, 0.05) is 42.4 Å². The van der Waals surface area contributed by atoms with E-state index in [0.29, 0.717) is 11.3 Å². The second-order valence-electron chi connectivity index (χ2n) is 11.3. The van der Waals surface area contributed by atoms with Crippen molar-refractivity contribution in [2.45, 2.75) is 63.6 Å². The van der Waals surface area contributed by atoms with E-state index in [1.165, 1.54) is 10.5 Å². The maximum absolute atomic E-state index is 13.9. The topological polar surface area (TPSA) is 145 Å². The van der Waals surface area contributed by atoms with E-state index in [1.807, 2.05) is 42.5 Å². The Bertz CT molecular complexity index is 1610. The SMILES string of the molecule is O=C(O)NCCC(NC(=O)[C@@H]1Cc2ccccc2CN1C(=O)CCC(=O)c1ccccc1)C(=O)Nc1ccc2c(c1Br)CCC2. The van der Waals surface area contributed by atoms with Crippen LogP contribution in [0.5, 0.6) is 0 Å². The highest BCUT2D eigenvalue weighted by atomic mass is 79.9. The lowest BCUT2D eigenvalue weighted by Gasteiger charge is -2.37. The Morgan fingerprint density at radius 2 is 1.62 bits per heavy atom. The van der Waals surface area contributed by atoms with Gasteiger partial charge < -0.3 is 26.0 Å². The van der Waals surface area contributed by atoms with Gasteiger partial charge in [0.2, 0.25) is 17.7 Å². The molecule has 234 valence electrons. The average molecular weight is 676 g/mol. The Morgan fingerprint density at radius 1 is 0.889 bits per heavy atom. The number of halogens is 1. The molecule has 3 aromatic carbocycles. The van der Waals surface area contributed by atoms with Crippen molar-refractivity contribution in [1.29, 1.82) is 0 Å². The molecule has 0 fully saturated rings. The van der Waals surface area contributed by atoms with Crippen LogP contribution in [0.25, 0.3) is 0 Å². The van der Waals surface area contributed by atoms with E-state index in [4.69, 9.17) is 5.11 Å². The molecule has 4 N–H and O–H groups in total. The van der Waals surface area contributed by atoms with E-state index in [2.05, 4.69) is 31.9 Å². The van der Waals surface area contributed by atoms with E-state index < -0.39 is 30.0 Å². The van der Waals surface area contributed by atoms with Crippen molar-refractivity contribution >= 4 is 51.2 Å². The summed E-state index contributed by atoms with van der Waals surface area (Å²) in [6.45, 7) is 0.114. The van der Waals surface area contributed by atoms with Gasteiger partial charge in [-0.15, -0.1) is 0 Å². The highest BCUT2D eigenvalue weighted by Gasteiger charge is 2.36. The largest absolute Gasteiger partial charge is 0.465 e. The number of benzene rings is 3.